The summed E-state index contributed by atoms with van der Waals surface area (Å²) in [5.74, 6) is 0. The molecular weight excluding hydrogens is 162 g/mol. The van der Waals surface area contributed by atoms with Crippen LogP contribution in [0.3, 0.4) is 0 Å². The van der Waals surface area contributed by atoms with E-state index in [9.17, 15) is 0 Å². The zero-order valence-corrected chi connectivity index (χ0v) is 6.88. The van der Waals surface area contributed by atoms with Gasteiger partial charge in [-0.1, -0.05) is 0 Å². The molecule has 0 heterocycles. The summed E-state index contributed by atoms with van der Waals surface area (Å²) < 4.78 is 32.7. The van der Waals surface area contributed by atoms with Crippen LogP contribution >= 0.6 is 0 Å². The van der Waals surface area contributed by atoms with Crippen molar-refractivity contribution < 1.29 is 28.9 Å². The van der Waals surface area contributed by atoms with Crippen molar-refractivity contribution in [2.75, 3.05) is 0 Å². The zero-order chi connectivity index (χ0) is 9.00. The number of nitrogens with two attached hydrogens (primary N) is 1. The van der Waals surface area contributed by atoms with Crippen LogP contribution in [0.15, 0.2) is 0 Å². The van der Waals surface area contributed by atoms with Crippen LogP contribution in [0.5, 0.6) is 0 Å². The third kappa shape index (κ3) is 50200. The molecule has 6 heteroatoms. The van der Waals surface area contributed by atoms with Crippen LogP contribution < -0.4 is 19.7 Å². The Labute approximate surface area is 61.8 Å². The minimum Gasteiger partial charge on any atom is -0.326 e. The van der Waals surface area contributed by atoms with Gasteiger partial charge in [0.25, 0.3) is 0 Å². The first-order valence-electron chi connectivity index (χ1n) is 2.42. The Balaban J connectivity index is 0. The molecule has 0 saturated carbocycles. The van der Waals surface area contributed by atoms with Crippen molar-refractivity contribution in [2.24, 2.45) is 5.73 Å². The lowest BCUT2D eigenvalue weighted by Gasteiger charge is -2.06. The Hall–Kier alpha value is 0.0900. The van der Waals surface area contributed by atoms with Gasteiger partial charge in [-0.2, -0.15) is 14.0 Å². The number of hydrogen-bond acceptors (Lipinski definition) is 5. The van der Waals surface area contributed by atoms with Crippen molar-refractivity contribution in [1.82, 2.24) is 0 Å². The molecule has 0 aliphatic heterocycles. The van der Waals surface area contributed by atoms with Crippen molar-refractivity contribution in [1.29, 1.82) is 0 Å². The third-order valence-electron chi connectivity index (χ3n) is 0. The van der Waals surface area contributed by atoms with Crippen LogP contribution in [-0.4, -0.2) is 10.2 Å². The molecule has 0 amide bonds. The lowest BCUT2D eigenvalue weighted by atomic mass is 10.1. The standard InChI is InChI=1S/C4H11N.ClHO4/c1-4(2,3)5;2-1(3,4)5/h5H2,1-3H3;(H,2,3,4,5). The first kappa shape index (κ1) is 12.7. The molecule has 0 rings (SSSR count). The summed E-state index contributed by atoms with van der Waals surface area (Å²) in [5, 5.41) is 0. The van der Waals surface area contributed by atoms with Crippen molar-refractivity contribution in [3.8, 4) is 0 Å². The van der Waals surface area contributed by atoms with Gasteiger partial charge in [-0.15, -0.1) is 0 Å². The van der Waals surface area contributed by atoms with E-state index in [0.29, 0.717) is 0 Å². The van der Waals surface area contributed by atoms with Crippen molar-refractivity contribution in [2.45, 2.75) is 26.3 Å². The van der Waals surface area contributed by atoms with Crippen LogP contribution in [0, 0.1) is 10.2 Å². The fourth-order valence-corrected chi connectivity index (χ4v) is 0. The van der Waals surface area contributed by atoms with Gasteiger partial charge >= 0.3 is 0 Å². The summed E-state index contributed by atoms with van der Waals surface area (Å²) in [4.78, 5) is 0. The first-order valence-corrected chi connectivity index (χ1v) is 3.68. The highest BCUT2D eigenvalue weighted by Crippen LogP contribution is 1.88. The van der Waals surface area contributed by atoms with Crippen LogP contribution in [0.1, 0.15) is 20.8 Å². The van der Waals surface area contributed by atoms with Gasteiger partial charge in [-0.3, -0.25) is 0 Å². The molecule has 5 nitrogen and oxygen atoms in total. The Morgan fingerprint density at radius 1 is 1.20 bits per heavy atom. The van der Waals surface area contributed by atoms with Gasteiger partial charge in [0.1, 0.15) is 0 Å². The van der Waals surface area contributed by atoms with E-state index >= 15 is 0 Å². The van der Waals surface area contributed by atoms with Crippen LogP contribution in [0.2, 0.25) is 0 Å². The lowest BCUT2D eigenvalue weighted by Crippen LogP contribution is -2.58. The molecule has 10 heavy (non-hydrogen) atoms. The predicted molar refractivity (Wildman–Crippen MR) is 26.2 cm³/mol. The fraction of sp³-hybridized carbons (Fsp3) is 1.00. The third-order valence-corrected chi connectivity index (χ3v) is 0. The van der Waals surface area contributed by atoms with Gasteiger partial charge in [0.2, 0.25) is 0 Å². The topological polar surface area (TPSA) is 115 Å². The van der Waals surface area contributed by atoms with E-state index in [2.05, 4.69) is 0 Å². The molecule has 0 saturated heterocycles. The highest BCUT2D eigenvalue weighted by atomic mass is 35.7. The predicted octanol–water partition coefficient (Wildman–Crippen LogP) is -3.38. The Kier molecular flexibility index (Phi) is 5.18. The smallest absolute Gasteiger partial charge is 0.0777 e. The summed E-state index contributed by atoms with van der Waals surface area (Å²) >= 11 is 0. The first-order chi connectivity index (χ1) is 4.00. The maximum Gasteiger partial charge on any atom is 0.0777 e. The van der Waals surface area contributed by atoms with Crippen LogP contribution in [0.4, 0.5) is 0 Å². The van der Waals surface area contributed by atoms with Gasteiger partial charge < -0.3 is 5.73 Å². The molecule has 0 bridgehead atoms. The van der Waals surface area contributed by atoms with E-state index in [1.165, 1.54) is 0 Å². The van der Waals surface area contributed by atoms with E-state index in [-0.39, 0.29) is 5.54 Å². The molecule has 0 spiro atoms. The minimum absolute atomic E-state index is 0. The molecule has 0 unspecified atom stereocenters. The maximum atomic E-state index is 8.60. The number of halogens is 1. The molecule has 0 radical (unpaired) electrons. The fourth-order valence-electron chi connectivity index (χ4n) is 0. The van der Waals surface area contributed by atoms with E-state index in [1.807, 2.05) is 20.8 Å². The van der Waals surface area contributed by atoms with Crippen LogP contribution in [-0.2, 0) is 0 Å². The Morgan fingerprint density at radius 2 is 1.20 bits per heavy atom. The molecule has 0 aromatic rings. The van der Waals surface area contributed by atoms with Crippen LogP contribution in [0.25, 0.3) is 0 Å². The summed E-state index contributed by atoms with van der Waals surface area (Å²) in [6.07, 6.45) is 0. The second kappa shape index (κ2) is 4.07. The van der Waals surface area contributed by atoms with Gasteiger partial charge in [0.05, 0.1) is 14.9 Å². The molecule has 3 N–H and O–H groups in total. The molecule has 0 fully saturated rings. The molecule has 0 atom stereocenters. The van der Waals surface area contributed by atoms with Crippen molar-refractivity contribution in [3.63, 3.8) is 0 Å². The quantitative estimate of drug-likeness (QED) is 0.397. The summed E-state index contributed by atoms with van der Waals surface area (Å²) in [5.41, 5.74) is 5.35. The monoisotopic (exact) mass is 173 g/mol. The number of hydrogen-bond donors (Lipinski definition) is 2. The summed E-state index contributed by atoms with van der Waals surface area (Å²) in [7, 11) is -4.69. The van der Waals surface area contributed by atoms with E-state index in [0.717, 1.165) is 0 Å². The minimum atomic E-state index is -4.69. The van der Waals surface area contributed by atoms with E-state index in [1.54, 1.807) is 0 Å². The normalized spacial score (nSPS) is 12.0. The van der Waals surface area contributed by atoms with Gasteiger partial charge in [0, 0.05) is 5.54 Å². The van der Waals surface area contributed by atoms with Crippen molar-refractivity contribution >= 4 is 0 Å². The molecular formula is C4H12ClNO4. The summed E-state index contributed by atoms with van der Waals surface area (Å²) in [6.45, 7) is 5.90. The maximum absolute atomic E-state index is 8.60. The van der Waals surface area contributed by atoms with Gasteiger partial charge in [-0.05, 0) is 20.8 Å². The van der Waals surface area contributed by atoms with E-state index < -0.39 is 10.2 Å². The Bertz CT molecular complexity index is 60.2. The molecule has 64 valence electrons. The largest absolute Gasteiger partial charge is 0.326 e. The van der Waals surface area contributed by atoms with Gasteiger partial charge in [-0.25, -0.2) is 0 Å². The molecule has 0 aromatic carbocycles. The zero-order valence-electron chi connectivity index (χ0n) is 6.13. The lowest BCUT2D eigenvalue weighted by molar-refractivity contribution is -1.92. The highest BCUT2D eigenvalue weighted by molar-refractivity contribution is 4.60. The average molecular weight is 174 g/mol. The SMILES string of the molecule is CC(C)(C)N.[O-][Cl+3]([O-])([O-])O. The molecule has 0 aliphatic rings. The van der Waals surface area contributed by atoms with Gasteiger partial charge in [0.15, 0.2) is 0 Å². The van der Waals surface area contributed by atoms with E-state index in [4.69, 9.17) is 24.4 Å². The molecule has 0 aliphatic carbocycles. The second-order valence-electron chi connectivity index (χ2n) is 2.76. The molecule has 0 aromatic heterocycles. The highest BCUT2D eigenvalue weighted by Gasteiger charge is 1.98. The average Bonchev–Trinajstić information content (AvgIpc) is 1.12. The second-order valence-corrected chi connectivity index (χ2v) is 3.55. The Morgan fingerprint density at radius 3 is 1.20 bits per heavy atom. The summed E-state index contributed by atoms with van der Waals surface area (Å²) in [6, 6.07) is 0. The number of rotatable bonds is 0. The van der Waals surface area contributed by atoms with Crippen molar-refractivity contribution in [3.05, 3.63) is 0 Å².